The lowest BCUT2D eigenvalue weighted by Crippen LogP contribution is -2.32. The molecule has 19 rings (SSSR count). The van der Waals surface area contributed by atoms with Crippen molar-refractivity contribution in [3.63, 3.8) is 0 Å². The number of fused-ring (bicyclic) bond motifs is 6. The van der Waals surface area contributed by atoms with Crippen LogP contribution in [0.25, 0.3) is 133 Å². The highest BCUT2D eigenvalue weighted by atomic mass is 15.0. The van der Waals surface area contributed by atoms with Crippen LogP contribution in [0.5, 0.6) is 0 Å². The highest BCUT2D eigenvalue weighted by molar-refractivity contribution is 5.97. The fourth-order valence-corrected chi connectivity index (χ4v) is 18.8. The molecule has 12 heteroatoms. The van der Waals surface area contributed by atoms with Crippen LogP contribution < -0.4 is 27.4 Å². The van der Waals surface area contributed by atoms with Gasteiger partial charge < -0.3 is 0 Å². The van der Waals surface area contributed by atoms with E-state index in [1.807, 2.05) is 38.0 Å². The summed E-state index contributed by atoms with van der Waals surface area (Å²) in [5, 5.41) is 7.38. The van der Waals surface area contributed by atoms with Crippen molar-refractivity contribution in [3.8, 4) is 67.5 Å². The van der Waals surface area contributed by atoms with Crippen LogP contribution in [0.2, 0.25) is 0 Å². The van der Waals surface area contributed by atoms with E-state index < -0.39 is 0 Å². The number of para-hydroxylation sites is 2. The Morgan fingerprint density at radius 2 is 0.565 bits per heavy atom. The fraction of sp³-hybridized carbons (Fsp3) is 0.294. The highest BCUT2D eigenvalue weighted by Gasteiger charge is 2.28. The first-order valence-corrected chi connectivity index (χ1v) is 47.1. The fourth-order valence-electron chi connectivity index (χ4n) is 18.8. The summed E-state index contributed by atoms with van der Waals surface area (Å²) in [5.74, 6) is 3.67. The largest absolute Gasteiger partial charge is 0.287 e. The molecular formula is C119H134N12+6. The zero-order valence-corrected chi connectivity index (χ0v) is 81.5. The Balaban J connectivity index is 0.000000127. The number of nitrogens with zero attached hydrogens (tertiary/aromatic N) is 12. The minimum absolute atomic E-state index is 0.518. The van der Waals surface area contributed by atoms with Gasteiger partial charge in [0.05, 0.1) is 74.6 Å². The number of benzene rings is 12. The molecule has 1 saturated carbocycles. The van der Waals surface area contributed by atoms with Crippen molar-refractivity contribution >= 4 is 65.4 Å². The second-order valence-electron chi connectivity index (χ2n) is 38.0. The van der Waals surface area contributed by atoms with Crippen molar-refractivity contribution in [2.45, 2.75) is 173 Å². The smallest absolute Gasteiger partial charge is 0.232 e. The van der Waals surface area contributed by atoms with Gasteiger partial charge in [-0.2, -0.15) is 0 Å². The molecule has 0 radical (unpaired) electrons. The normalized spacial score (nSPS) is 12.0. The molecule has 1 aliphatic rings. The van der Waals surface area contributed by atoms with Crippen LogP contribution >= 0.6 is 0 Å². The molecule has 0 saturated heterocycles. The van der Waals surface area contributed by atoms with Crippen LogP contribution in [-0.2, 0) is 61.5 Å². The number of aromatic nitrogens is 12. The zero-order valence-electron chi connectivity index (χ0n) is 81.5. The Morgan fingerprint density at radius 1 is 0.260 bits per heavy atom. The molecule has 6 aromatic heterocycles. The summed E-state index contributed by atoms with van der Waals surface area (Å²) >= 11 is 0. The van der Waals surface area contributed by atoms with Gasteiger partial charge in [-0.25, -0.2) is 27.4 Å². The summed E-state index contributed by atoms with van der Waals surface area (Å²) in [6.07, 6.45) is 20.1. The molecule has 0 bridgehead atoms. The first kappa shape index (κ1) is 93.8. The molecule has 12 aromatic carbocycles. The third kappa shape index (κ3) is 21.7. The van der Waals surface area contributed by atoms with Crippen LogP contribution in [0.1, 0.15) is 179 Å². The maximum Gasteiger partial charge on any atom is 0.287 e. The molecule has 0 aliphatic heterocycles. The van der Waals surface area contributed by atoms with Gasteiger partial charge in [-0.1, -0.05) is 276 Å². The zero-order chi connectivity index (χ0) is 92.8. The van der Waals surface area contributed by atoms with Crippen molar-refractivity contribution in [1.29, 1.82) is 0 Å². The molecular weight excluding hydrogens is 1600 g/mol. The van der Waals surface area contributed by atoms with E-state index in [1.165, 1.54) is 198 Å². The molecule has 12 nitrogen and oxygen atoms in total. The third-order valence-corrected chi connectivity index (χ3v) is 25.6. The maximum absolute atomic E-state index is 4.80. The maximum atomic E-state index is 4.80. The first-order chi connectivity index (χ1) is 63.1. The monoisotopic (exact) mass is 1730 g/mol. The minimum Gasteiger partial charge on any atom is -0.232 e. The predicted octanol–water partition coefficient (Wildman–Crippen LogP) is 25.7. The van der Waals surface area contributed by atoms with Gasteiger partial charge in [0, 0.05) is 44.5 Å². The topological polar surface area (TPSA) is 101 Å². The molecule has 0 unspecified atom stereocenters. The Kier molecular flexibility index (Phi) is 30.4. The van der Waals surface area contributed by atoms with E-state index in [0.717, 1.165) is 46.8 Å². The average molecular weight is 1730 g/mol. The number of rotatable bonds is 15. The summed E-state index contributed by atoms with van der Waals surface area (Å²) in [4.78, 5) is 27.9. The minimum atomic E-state index is 0.518. The van der Waals surface area contributed by atoms with Gasteiger partial charge in [-0.05, 0) is 255 Å². The second kappa shape index (κ2) is 42.5. The van der Waals surface area contributed by atoms with Gasteiger partial charge in [0.25, 0.3) is 38.0 Å². The molecule has 1 aliphatic carbocycles. The molecule has 664 valence electrons. The van der Waals surface area contributed by atoms with E-state index >= 15 is 0 Å². The first-order valence-electron chi connectivity index (χ1n) is 47.1. The van der Waals surface area contributed by atoms with E-state index in [0.29, 0.717) is 35.5 Å². The number of hydrogen-bond acceptors (Lipinski definition) is 6. The summed E-state index contributed by atoms with van der Waals surface area (Å²) in [6.45, 7) is 35.4. The second-order valence-corrected chi connectivity index (χ2v) is 38.0. The molecule has 0 N–H and O–H groups in total. The van der Waals surface area contributed by atoms with Crippen molar-refractivity contribution in [3.05, 3.63) is 360 Å². The van der Waals surface area contributed by atoms with E-state index in [4.69, 9.17) is 9.97 Å². The summed E-state index contributed by atoms with van der Waals surface area (Å²) in [7, 11) is 12.4. The Hall–Kier alpha value is -13.3. The van der Waals surface area contributed by atoms with E-state index in [1.54, 1.807) is 0 Å². The van der Waals surface area contributed by atoms with Crippen LogP contribution in [0.15, 0.2) is 293 Å². The lowest BCUT2D eigenvalue weighted by Gasteiger charge is -2.13. The Labute approximate surface area is 778 Å². The van der Waals surface area contributed by atoms with Gasteiger partial charge in [0.2, 0.25) is 0 Å². The molecule has 0 atom stereocenters. The van der Waals surface area contributed by atoms with Crippen LogP contribution in [0.3, 0.4) is 0 Å². The molecule has 0 amide bonds. The van der Waals surface area contributed by atoms with Gasteiger partial charge in [0.15, 0.2) is 33.1 Å². The van der Waals surface area contributed by atoms with Crippen LogP contribution in [0.4, 0.5) is 0 Å². The third-order valence-electron chi connectivity index (χ3n) is 25.6. The van der Waals surface area contributed by atoms with Crippen molar-refractivity contribution < 1.29 is 27.4 Å². The van der Waals surface area contributed by atoms with Crippen LogP contribution in [0, 0.1) is 59.3 Å². The van der Waals surface area contributed by atoms with Crippen LogP contribution in [-0.4, -0.2) is 29.9 Å². The quantitative estimate of drug-likeness (QED) is 0.0948. The highest BCUT2D eigenvalue weighted by Crippen LogP contribution is 2.40. The molecule has 18 aromatic rings. The lowest BCUT2D eigenvalue weighted by atomic mass is 9.93. The summed E-state index contributed by atoms with van der Waals surface area (Å²) in [6, 6.07) is 91.2. The van der Waals surface area contributed by atoms with E-state index in [9.17, 15) is 0 Å². The molecule has 6 heterocycles. The van der Waals surface area contributed by atoms with Gasteiger partial charge in [0.1, 0.15) is 34.2 Å². The summed E-state index contributed by atoms with van der Waals surface area (Å²) in [5.41, 5.74) is 37.7. The lowest BCUT2D eigenvalue weighted by molar-refractivity contribution is -0.662. The average Bonchev–Trinajstić information content (AvgIpc) is 1.73. The van der Waals surface area contributed by atoms with E-state index in [-0.39, 0.29) is 0 Å². The van der Waals surface area contributed by atoms with Gasteiger partial charge >= 0.3 is 0 Å². The number of aryl methyl sites for hydroxylation is 12. The molecule has 0 spiro atoms. The predicted molar refractivity (Wildman–Crippen MR) is 544 cm³/mol. The van der Waals surface area contributed by atoms with Gasteiger partial charge in [-0.3, -0.25) is 0 Å². The van der Waals surface area contributed by atoms with Crippen molar-refractivity contribution in [2.75, 3.05) is 0 Å². The van der Waals surface area contributed by atoms with Crippen molar-refractivity contribution in [1.82, 2.24) is 29.9 Å². The standard InChI is InChI=1S/C21H23N2.3C20H23N2.2C19H21N2/c1-15-8-3-6-11-17(15)21-19-13-7-12-18(16-9-4-5-10-16)20(19)22-14-23(21)2;1-14(2)12-16-9-7-11-18-19(16)21-13-22(4)20(18)17-10-6-5-8-15(17)3;1-14(2)11-16-9-10-19-18(12-16)20(22(4)13-21-19)17-8-6-5-7-15(17)3;1-14(2)11-16-9-10-18-19(12-16)21-13-22(4)20(18)17-8-6-5-7-15(17)3;1-13(2)15-9-10-18-17(11-15)19(21(4)12-20-18)16-8-6-5-7-14(16)3;1-13(2)15-9-10-17-18(11-15)20-12-21(4)19(17)16-8-6-5-7-14(16)3/h3,6-8,11-14,16H,4-5,9-10H2,1-2H3;5-11,13-14H,12H2,1-4H3;2*5-10,12-14H,11H2,1-4H3;2*5-13H,1-4H3/q6*+1. The molecule has 1 fully saturated rings. The van der Waals surface area contributed by atoms with Crippen molar-refractivity contribution in [2.24, 2.45) is 60.0 Å². The number of hydrogen-bond donors (Lipinski definition) is 0. The SMILES string of the molecule is Cc1ccccc1-c1c2cc(C(C)C)ccc2nc[n+]1C.Cc1ccccc1-c1c2cc(CC(C)C)ccc2nc[n+]1C.Cc1ccccc1-c1c2ccc(C(C)C)cc2nc[n+]1C.Cc1ccccc1-c1c2ccc(CC(C)C)cc2nc[n+]1C.Cc1ccccc1-c1c2cccc(C3CCCC3)c2nc[n+]1C.Cc1ccccc1-c1c2cccc(CC(C)C)c2nc[n+]1C. The summed E-state index contributed by atoms with van der Waals surface area (Å²) < 4.78 is 12.8. The Bertz CT molecular complexity index is 7050. The molecule has 131 heavy (non-hydrogen) atoms. The Morgan fingerprint density at radius 3 is 0.969 bits per heavy atom. The van der Waals surface area contributed by atoms with E-state index in [2.05, 4.69) is 455 Å². The van der Waals surface area contributed by atoms with Gasteiger partial charge in [-0.15, -0.1) is 0 Å².